The van der Waals surface area contributed by atoms with Crippen molar-refractivity contribution in [3.05, 3.63) is 0 Å². The maximum absolute atomic E-state index is 10.2. The second kappa shape index (κ2) is 3.32. The second-order valence-corrected chi connectivity index (χ2v) is 4.23. The molecule has 3 N–H and O–H groups in total. The van der Waals surface area contributed by atoms with Crippen LogP contribution in [0.3, 0.4) is 0 Å². The van der Waals surface area contributed by atoms with E-state index in [-0.39, 0.29) is 5.41 Å². The molecule has 0 saturated carbocycles. The van der Waals surface area contributed by atoms with Gasteiger partial charge in [0, 0.05) is 38.0 Å². The lowest BCUT2D eigenvalue weighted by Gasteiger charge is -2.44. The fourth-order valence-electron chi connectivity index (χ4n) is 1.58. The van der Waals surface area contributed by atoms with Crippen LogP contribution in [0.15, 0.2) is 0 Å². The maximum atomic E-state index is 10.2. The first-order valence-corrected chi connectivity index (χ1v) is 4.52. The third kappa shape index (κ3) is 1.63. The zero-order valence-electron chi connectivity index (χ0n) is 7.97. The standard InChI is InChI=1S/C9H19NO2/c1-8(2,7-10)9(11)3-5-12-6-4-9/h11H,3-7,10H2,1-2H3. The summed E-state index contributed by atoms with van der Waals surface area (Å²) in [6.45, 7) is 5.85. The molecule has 0 atom stereocenters. The van der Waals surface area contributed by atoms with Gasteiger partial charge < -0.3 is 15.6 Å². The van der Waals surface area contributed by atoms with E-state index in [9.17, 15) is 5.11 Å². The molecule has 12 heavy (non-hydrogen) atoms. The minimum atomic E-state index is -0.625. The molecule has 0 aliphatic carbocycles. The number of ether oxygens (including phenoxy) is 1. The SMILES string of the molecule is CC(C)(CN)C1(O)CCOCC1. The molecule has 1 fully saturated rings. The van der Waals surface area contributed by atoms with Crippen molar-refractivity contribution in [2.45, 2.75) is 32.3 Å². The van der Waals surface area contributed by atoms with Crippen molar-refractivity contribution in [2.75, 3.05) is 19.8 Å². The van der Waals surface area contributed by atoms with E-state index in [0.29, 0.717) is 32.6 Å². The van der Waals surface area contributed by atoms with Gasteiger partial charge in [0.15, 0.2) is 0 Å². The van der Waals surface area contributed by atoms with Gasteiger partial charge >= 0.3 is 0 Å². The third-order valence-electron chi connectivity index (χ3n) is 3.09. The number of hydrogen-bond donors (Lipinski definition) is 2. The molecule has 72 valence electrons. The van der Waals surface area contributed by atoms with Crippen LogP contribution in [-0.4, -0.2) is 30.5 Å². The predicted octanol–water partition coefficient (Wildman–Crippen LogP) is 0.513. The summed E-state index contributed by atoms with van der Waals surface area (Å²) >= 11 is 0. The van der Waals surface area contributed by atoms with E-state index in [1.165, 1.54) is 0 Å². The lowest BCUT2D eigenvalue weighted by Crippen LogP contribution is -2.52. The molecule has 0 unspecified atom stereocenters. The fourth-order valence-corrected chi connectivity index (χ4v) is 1.58. The molecule has 3 nitrogen and oxygen atoms in total. The molecule has 0 aromatic carbocycles. The summed E-state index contributed by atoms with van der Waals surface area (Å²) in [6.07, 6.45) is 1.41. The van der Waals surface area contributed by atoms with Gasteiger partial charge in [-0.2, -0.15) is 0 Å². The highest BCUT2D eigenvalue weighted by Gasteiger charge is 2.43. The van der Waals surface area contributed by atoms with Crippen molar-refractivity contribution < 1.29 is 9.84 Å². The molecular weight excluding hydrogens is 154 g/mol. The first-order valence-electron chi connectivity index (χ1n) is 4.52. The van der Waals surface area contributed by atoms with Crippen molar-refractivity contribution in [1.29, 1.82) is 0 Å². The Balaban J connectivity index is 2.68. The van der Waals surface area contributed by atoms with Crippen molar-refractivity contribution >= 4 is 0 Å². The summed E-state index contributed by atoms with van der Waals surface area (Å²) in [4.78, 5) is 0. The highest BCUT2D eigenvalue weighted by molar-refractivity contribution is 4.95. The molecule has 0 amide bonds. The van der Waals surface area contributed by atoms with Gasteiger partial charge in [0.2, 0.25) is 0 Å². The Hall–Kier alpha value is -0.120. The molecule has 1 saturated heterocycles. The molecule has 0 spiro atoms. The van der Waals surface area contributed by atoms with Crippen LogP contribution in [0.1, 0.15) is 26.7 Å². The van der Waals surface area contributed by atoms with Gasteiger partial charge in [-0.15, -0.1) is 0 Å². The monoisotopic (exact) mass is 173 g/mol. The van der Waals surface area contributed by atoms with E-state index in [1.54, 1.807) is 0 Å². The molecule has 1 heterocycles. The average molecular weight is 173 g/mol. The number of nitrogens with two attached hydrogens (primary N) is 1. The van der Waals surface area contributed by atoms with Gasteiger partial charge in [-0.3, -0.25) is 0 Å². The Labute approximate surface area is 73.9 Å². The summed E-state index contributed by atoms with van der Waals surface area (Å²) in [6, 6.07) is 0. The Morgan fingerprint density at radius 1 is 1.42 bits per heavy atom. The van der Waals surface area contributed by atoms with Crippen LogP contribution in [0, 0.1) is 5.41 Å². The van der Waals surface area contributed by atoms with Crippen LogP contribution in [0.2, 0.25) is 0 Å². The third-order valence-corrected chi connectivity index (χ3v) is 3.09. The van der Waals surface area contributed by atoms with Crippen molar-refractivity contribution in [2.24, 2.45) is 11.1 Å². The first-order chi connectivity index (χ1) is 5.52. The van der Waals surface area contributed by atoms with Crippen LogP contribution >= 0.6 is 0 Å². The number of aliphatic hydroxyl groups is 1. The van der Waals surface area contributed by atoms with E-state index in [2.05, 4.69) is 0 Å². The van der Waals surface area contributed by atoms with Crippen LogP contribution in [0.25, 0.3) is 0 Å². The Bertz CT molecular complexity index is 151. The van der Waals surface area contributed by atoms with E-state index in [1.807, 2.05) is 13.8 Å². The quantitative estimate of drug-likeness (QED) is 0.640. The van der Waals surface area contributed by atoms with E-state index < -0.39 is 5.60 Å². The number of rotatable bonds is 2. The van der Waals surface area contributed by atoms with Gasteiger partial charge in [0.25, 0.3) is 0 Å². The van der Waals surface area contributed by atoms with Gasteiger partial charge in [-0.25, -0.2) is 0 Å². The van der Waals surface area contributed by atoms with Gasteiger partial charge in [0.1, 0.15) is 0 Å². The van der Waals surface area contributed by atoms with Crippen molar-refractivity contribution in [3.63, 3.8) is 0 Å². The molecule has 0 radical (unpaired) electrons. The van der Waals surface area contributed by atoms with E-state index in [4.69, 9.17) is 10.5 Å². The minimum absolute atomic E-state index is 0.198. The molecule has 1 rings (SSSR count). The topological polar surface area (TPSA) is 55.5 Å². The summed E-state index contributed by atoms with van der Waals surface area (Å²) < 4.78 is 5.20. The zero-order valence-corrected chi connectivity index (χ0v) is 7.97. The summed E-state index contributed by atoms with van der Waals surface area (Å²) in [5.41, 5.74) is 4.80. The Kier molecular flexibility index (Phi) is 2.76. The summed E-state index contributed by atoms with van der Waals surface area (Å²) in [5.74, 6) is 0. The van der Waals surface area contributed by atoms with Crippen LogP contribution in [-0.2, 0) is 4.74 Å². The molecule has 0 bridgehead atoms. The Morgan fingerprint density at radius 2 is 1.92 bits per heavy atom. The normalized spacial score (nSPS) is 24.0. The average Bonchev–Trinajstić information content (AvgIpc) is 2.06. The highest BCUT2D eigenvalue weighted by atomic mass is 16.5. The second-order valence-electron chi connectivity index (χ2n) is 4.23. The summed E-state index contributed by atoms with van der Waals surface area (Å²) in [7, 11) is 0. The maximum Gasteiger partial charge on any atom is 0.0754 e. The highest BCUT2D eigenvalue weighted by Crippen LogP contribution is 2.37. The molecule has 0 aromatic heterocycles. The largest absolute Gasteiger partial charge is 0.389 e. The first kappa shape index (κ1) is 9.96. The number of hydrogen-bond acceptors (Lipinski definition) is 3. The summed E-state index contributed by atoms with van der Waals surface area (Å²) in [5, 5.41) is 10.2. The molecule has 1 aliphatic rings. The Morgan fingerprint density at radius 3 is 2.33 bits per heavy atom. The van der Waals surface area contributed by atoms with E-state index in [0.717, 1.165) is 0 Å². The lowest BCUT2D eigenvalue weighted by molar-refractivity contribution is -0.128. The van der Waals surface area contributed by atoms with Crippen LogP contribution < -0.4 is 5.73 Å². The molecular formula is C9H19NO2. The van der Waals surface area contributed by atoms with Crippen LogP contribution in [0.4, 0.5) is 0 Å². The smallest absolute Gasteiger partial charge is 0.0754 e. The zero-order chi connectivity index (χ0) is 9.24. The molecule has 1 aliphatic heterocycles. The van der Waals surface area contributed by atoms with Gasteiger partial charge in [0.05, 0.1) is 5.60 Å². The molecule has 0 aromatic rings. The molecule has 3 heteroatoms. The lowest BCUT2D eigenvalue weighted by atomic mass is 9.70. The van der Waals surface area contributed by atoms with Gasteiger partial charge in [-0.05, 0) is 0 Å². The predicted molar refractivity (Wildman–Crippen MR) is 47.8 cm³/mol. The van der Waals surface area contributed by atoms with Crippen molar-refractivity contribution in [1.82, 2.24) is 0 Å². The van der Waals surface area contributed by atoms with E-state index >= 15 is 0 Å². The fraction of sp³-hybridized carbons (Fsp3) is 1.00. The van der Waals surface area contributed by atoms with Gasteiger partial charge in [-0.1, -0.05) is 13.8 Å². The van der Waals surface area contributed by atoms with Crippen molar-refractivity contribution in [3.8, 4) is 0 Å². The minimum Gasteiger partial charge on any atom is -0.389 e. The van der Waals surface area contributed by atoms with Crippen LogP contribution in [0.5, 0.6) is 0 Å².